The van der Waals surface area contributed by atoms with Crippen LogP contribution < -0.4 is 0 Å². The Kier molecular flexibility index (Phi) is 1.77. The summed E-state index contributed by atoms with van der Waals surface area (Å²) in [5.41, 5.74) is 1.62. The number of hydrogen-bond donors (Lipinski definition) is 1. The van der Waals surface area contributed by atoms with Gasteiger partial charge in [0.15, 0.2) is 0 Å². The number of H-pyrrole nitrogens is 1. The first-order valence-corrected chi connectivity index (χ1v) is 4.90. The molecule has 0 aliphatic heterocycles. The van der Waals surface area contributed by atoms with E-state index < -0.39 is 0 Å². The molecule has 0 saturated heterocycles. The van der Waals surface area contributed by atoms with Crippen molar-refractivity contribution in [2.45, 2.75) is 0 Å². The number of fused-ring (bicyclic) bond motifs is 1. The molecule has 0 aliphatic rings. The van der Waals surface area contributed by atoms with Crippen molar-refractivity contribution in [3.8, 4) is 11.9 Å². The summed E-state index contributed by atoms with van der Waals surface area (Å²) < 4.78 is 1.74. The van der Waals surface area contributed by atoms with Gasteiger partial charge in [0, 0.05) is 23.3 Å². The predicted octanol–water partition coefficient (Wildman–Crippen LogP) is 2.23. The van der Waals surface area contributed by atoms with E-state index in [1.165, 1.54) is 0 Å². The van der Waals surface area contributed by atoms with E-state index in [1.807, 2.05) is 36.5 Å². The third-order valence-corrected chi connectivity index (χ3v) is 2.52. The summed E-state index contributed by atoms with van der Waals surface area (Å²) in [4.78, 5) is 3.22. The van der Waals surface area contributed by atoms with Gasteiger partial charge < -0.3 is 4.98 Å². The van der Waals surface area contributed by atoms with Crippen LogP contribution in [0, 0.1) is 11.3 Å². The maximum absolute atomic E-state index is 8.99. The van der Waals surface area contributed by atoms with E-state index in [9.17, 15) is 0 Å². The van der Waals surface area contributed by atoms with Crippen molar-refractivity contribution >= 4 is 10.9 Å². The lowest BCUT2D eigenvalue weighted by atomic mass is 10.1. The summed E-state index contributed by atoms with van der Waals surface area (Å²) >= 11 is 0. The lowest BCUT2D eigenvalue weighted by Gasteiger charge is -1.93. The summed E-state index contributed by atoms with van der Waals surface area (Å²) in [5.74, 6) is 0.864. The molecule has 16 heavy (non-hydrogen) atoms. The Morgan fingerprint density at radius 1 is 1.31 bits per heavy atom. The standard InChI is InChI=1S/C12H8N4/c13-8-9-3-1-4-11-10(9)7-12(15-11)16-6-2-5-14-16/h1-7,15H. The Labute approximate surface area is 91.7 Å². The third kappa shape index (κ3) is 1.19. The summed E-state index contributed by atoms with van der Waals surface area (Å²) in [6.45, 7) is 0. The molecule has 1 aromatic carbocycles. The van der Waals surface area contributed by atoms with Crippen molar-refractivity contribution in [1.29, 1.82) is 5.26 Å². The maximum Gasteiger partial charge on any atom is 0.132 e. The molecule has 4 nitrogen and oxygen atoms in total. The van der Waals surface area contributed by atoms with Gasteiger partial charge in [-0.2, -0.15) is 10.4 Å². The SMILES string of the molecule is N#Cc1cccc2[nH]c(-n3cccn3)cc12. The number of nitriles is 1. The summed E-state index contributed by atoms with van der Waals surface area (Å²) in [5, 5.41) is 14.1. The molecule has 0 saturated carbocycles. The van der Waals surface area contributed by atoms with Crippen LogP contribution in [0.2, 0.25) is 0 Å². The van der Waals surface area contributed by atoms with Gasteiger partial charge in [0.05, 0.1) is 11.6 Å². The minimum Gasteiger partial charge on any atom is -0.340 e. The van der Waals surface area contributed by atoms with Crippen molar-refractivity contribution in [3.63, 3.8) is 0 Å². The summed E-state index contributed by atoms with van der Waals surface area (Å²) in [6.07, 6.45) is 3.58. The Morgan fingerprint density at radius 2 is 2.25 bits per heavy atom. The highest BCUT2D eigenvalue weighted by molar-refractivity contribution is 5.87. The molecular formula is C12H8N4. The molecule has 2 aromatic heterocycles. The van der Waals surface area contributed by atoms with E-state index in [4.69, 9.17) is 5.26 Å². The molecule has 0 radical (unpaired) electrons. The number of aromatic nitrogens is 3. The van der Waals surface area contributed by atoms with Gasteiger partial charge in [0.1, 0.15) is 5.82 Å². The molecule has 2 heterocycles. The highest BCUT2D eigenvalue weighted by atomic mass is 15.3. The van der Waals surface area contributed by atoms with Gasteiger partial charge in [-0.05, 0) is 24.3 Å². The van der Waals surface area contributed by atoms with E-state index in [-0.39, 0.29) is 0 Å². The fourth-order valence-electron chi connectivity index (χ4n) is 1.77. The smallest absolute Gasteiger partial charge is 0.132 e. The van der Waals surface area contributed by atoms with Crippen LogP contribution in [-0.2, 0) is 0 Å². The average Bonchev–Trinajstić information content (AvgIpc) is 2.96. The number of hydrogen-bond acceptors (Lipinski definition) is 2. The van der Waals surface area contributed by atoms with Gasteiger partial charge >= 0.3 is 0 Å². The van der Waals surface area contributed by atoms with Crippen LogP contribution in [0.5, 0.6) is 0 Å². The second-order valence-electron chi connectivity index (χ2n) is 3.48. The Bertz CT molecular complexity index is 671. The summed E-state index contributed by atoms with van der Waals surface area (Å²) in [7, 11) is 0. The largest absolute Gasteiger partial charge is 0.340 e. The lowest BCUT2D eigenvalue weighted by molar-refractivity contribution is 0.858. The molecule has 0 spiro atoms. The Hall–Kier alpha value is -2.54. The first-order chi connectivity index (χ1) is 7.88. The van der Waals surface area contributed by atoms with E-state index in [0.29, 0.717) is 5.56 Å². The van der Waals surface area contributed by atoms with E-state index in [2.05, 4.69) is 16.2 Å². The Balaban J connectivity index is 2.28. The lowest BCUT2D eigenvalue weighted by Crippen LogP contribution is -1.92. The van der Waals surface area contributed by atoms with Crippen LogP contribution >= 0.6 is 0 Å². The zero-order chi connectivity index (χ0) is 11.0. The van der Waals surface area contributed by atoms with Gasteiger partial charge in [-0.25, -0.2) is 4.68 Å². The predicted molar refractivity (Wildman–Crippen MR) is 60.1 cm³/mol. The highest BCUT2D eigenvalue weighted by Crippen LogP contribution is 2.20. The van der Waals surface area contributed by atoms with Crippen molar-refractivity contribution in [1.82, 2.24) is 14.8 Å². The third-order valence-electron chi connectivity index (χ3n) is 2.52. The molecule has 0 fully saturated rings. The number of nitrogens with zero attached hydrogens (tertiary/aromatic N) is 3. The molecule has 76 valence electrons. The van der Waals surface area contributed by atoms with Gasteiger partial charge in [0.2, 0.25) is 0 Å². The summed E-state index contributed by atoms with van der Waals surface area (Å²) in [6, 6.07) is 11.6. The quantitative estimate of drug-likeness (QED) is 0.666. The molecule has 3 rings (SSSR count). The van der Waals surface area contributed by atoms with Crippen molar-refractivity contribution in [2.75, 3.05) is 0 Å². The van der Waals surface area contributed by atoms with Gasteiger partial charge in [-0.3, -0.25) is 0 Å². The molecule has 0 aliphatic carbocycles. The van der Waals surface area contributed by atoms with E-state index >= 15 is 0 Å². The molecule has 1 N–H and O–H groups in total. The second-order valence-corrected chi connectivity index (χ2v) is 3.48. The molecule has 0 bridgehead atoms. The normalized spacial score (nSPS) is 10.4. The minimum absolute atomic E-state index is 0.673. The molecule has 4 heteroatoms. The molecule has 0 unspecified atom stereocenters. The topological polar surface area (TPSA) is 57.4 Å². The average molecular weight is 208 g/mol. The first-order valence-electron chi connectivity index (χ1n) is 4.90. The highest BCUT2D eigenvalue weighted by Gasteiger charge is 2.05. The van der Waals surface area contributed by atoms with E-state index in [1.54, 1.807) is 10.9 Å². The number of aromatic amines is 1. The van der Waals surface area contributed by atoms with Gasteiger partial charge in [-0.1, -0.05) is 6.07 Å². The van der Waals surface area contributed by atoms with Crippen LogP contribution in [-0.4, -0.2) is 14.8 Å². The molecule has 0 amide bonds. The number of rotatable bonds is 1. The zero-order valence-corrected chi connectivity index (χ0v) is 8.38. The monoisotopic (exact) mass is 208 g/mol. The number of nitrogens with one attached hydrogen (secondary N) is 1. The molecular weight excluding hydrogens is 200 g/mol. The second kappa shape index (κ2) is 3.24. The fourth-order valence-corrected chi connectivity index (χ4v) is 1.77. The fraction of sp³-hybridized carbons (Fsp3) is 0. The maximum atomic E-state index is 8.99. The minimum atomic E-state index is 0.673. The van der Waals surface area contributed by atoms with Crippen LogP contribution in [0.3, 0.4) is 0 Å². The van der Waals surface area contributed by atoms with Crippen molar-refractivity contribution in [3.05, 3.63) is 48.3 Å². The van der Waals surface area contributed by atoms with Crippen LogP contribution in [0.15, 0.2) is 42.7 Å². The van der Waals surface area contributed by atoms with E-state index in [0.717, 1.165) is 16.7 Å². The van der Waals surface area contributed by atoms with Gasteiger partial charge in [0.25, 0.3) is 0 Å². The first kappa shape index (κ1) is 8.74. The number of benzene rings is 1. The zero-order valence-electron chi connectivity index (χ0n) is 8.38. The van der Waals surface area contributed by atoms with Gasteiger partial charge in [-0.15, -0.1) is 0 Å². The van der Waals surface area contributed by atoms with Crippen molar-refractivity contribution in [2.24, 2.45) is 0 Å². The van der Waals surface area contributed by atoms with Crippen LogP contribution in [0.1, 0.15) is 5.56 Å². The Morgan fingerprint density at radius 3 is 3.00 bits per heavy atom. The van der Waals surface area contributed by atoms with Crippen molar-refractivity contribution < 1.29 is 0 Å². The molecule has 3 aromatic rings. The van der Waals surface area contributed by atoms with Crippen LogP contribution in [0.25, 0.3) is 16.7 Å². The molecule has 0 atom stereocenters. The van der Waals surface area contributed by atoms with Crippen LogP contribution in [0.4, 0.5) is 0 Å².